The monoisotopic (exact) mass is 278 g/mol. The zero-order valence-electron chi connectivity index (χ0n) is 11.9. The number of methoxy groups -OCH3 is 1. The van der Waals surface area contributed by atoms with Crippen molar-refractivity contribution >= 4 is 5.91 Å². The number of nitrogens with one attached hydrogen (secondary N) is 2. The summed E-state index contributed by atoms with van der Waals surface area (Å²) in [5.74, 6) is 1.03. The van der Waals surface area contributed by atoms with Crippen molar-refractivity contribution in [3.63, 3.8) is 0 Å². The van der Waals surface area contributed by atoms with Crippen LogP contribution in [0.25, 0.3) is 0 Å². The van der Waals surface area contributed by atoms with E-state index in [1.54, 1.807) is 7.11 Å². The van der Waals surface area contributed by atoms with Gasteiger partial charge in [-0.2, -0.15) is 0 Å². The van der Waals surface area contributed by atoms with Gasteiger partial charge in [0.2, 0.25) is 5.91 Å². The van der Waals surface area contributed by atoms with Crippen LogP contribution in [0.1, 0.15) is 12.0 Å². The smallest absolute Gasteiger partial charge is 0.221 e. The first-order valence-corrected chi connectivity index (χ1v) is 7.00. The topological polar surface area (TPSA) is 59.6 Å². The molecule has 2 N–H and O–H groups in total. The number of amides is 1. The summed E-state index contributed by atoms with van der Waals surface area (Å²) in [6.07, 6.45) is 1.58. The second kappa shape index (κ2) is 7.87. The summed E-state index contributed by atoms with van der Waals surface area (Å²) in [4.78, 5) is 11.5. The molecule has 5 heteroatoms. The van der Waals surface area contributed by atoms with Gasteiger partial charge in [-0.1, -0.05) is 18.2 Å². The van der Waals surface area contributed by atoms with Crippen molar-refractivity contribution in [2.24, 2.45) is 0 Å². The fraction of sp³-hybridized carbons (Fsp3) is 0.533. The highest BCUT2D eigenvalue weighted by Crippen LogP contribution is 2.27. The second-order valence-electron chi connectivity index (χ2n) is 4.85. The molecule has 0 aliphatic carbocycles. The number of benzene rings is 1. The quantitative estimate of drug-likeness (QED) is 0.688. The first kappa shape index (κ1) is 14.8. The number of hydrogen-bond donors (Lipinski definition) is 2. The molecular formula is C15H22N2O3. The molecule has 1 heterocycles. The van der Waals surface area contributed by atoms with E-state index in [0.29, 0.717) is 26.1 Å². The highest BCUT2D eigenvalue weighted by Gasteiger charge is 2.21. The lowest BCUT2D eigenvalue weighted by molar-refractivity contribution is -0.121. The molecule has 1 aromatic carbocycles. The molecule has 20 heavy (non-hydrogen) atoms. The van der Waals surface area contributed by atoms with Crippen LogP contribution in [0.3, 0.4) is 0 Å². The standard InChI is InChI=1S/C15H22N2O3/c1-19-9-8-17-15(18)6-7-16-11-13-10-12-4-2-3-5-14(12)20-13/h2-5,13,16H,6-11H2,1H3,(H,17,18). The van der Waals surface area contributed by atoms with Crippen LogP contribution in [0.15, 0.2) is 24.3 Å². The molecule has 5 nitrogen and oxygen atoms in total. The third-order valence-corrected chi connectivity index (χ3v) is 3.24. The molecule has 1 aliphatic heterocycles. The average Bonchev–Trinajstić information content (AvgIpc) is 2.86. The summed E-state index contributed by atoms with van der Waals surface area (Å²) < 4.78 is 10.7. The largest absolute Gasteiger partial charge is 0.488 e. The molecule has 0 aromatic heterocycles. The Bertz CT molecular complexity index is 412. The van der Waals surface area contributed by atoms with E-state index in [1.807, 2.05) is 18.2 Å². The fourth-order valence-electron chi connectivity index (χ4n) is 2.21. The summed E-state index contributed by atoms with van der Waals surface area (Å²) in [5.41, 5.74) is 1.26. The van der Waals surface area contributed by atoms with E-state index in [9.17, 15) is 4.79 Å². The van der Waals surface area contributed by atoms with Gasteiger partial charge < -0.3 is 20.1 Å². The number of carbonyl (C=O) groups is 1. The van der Waals surface area contributed by atoms with Crippen molar-refractivity contribution in [1.82, 2.24) is 10.6 Å². The molecule has 0 fully saturated rings. The maximum Gasteiger partial charge on any atom is 0.221 e. The molecule has 0 saturated heterocycles. The average molecular weight is 278 g/mol. The number of carbonyl (C=O) groups excluding carboxylic acids is 1. The van der Waals surface area contributed by atoms with E-state index in [0.717, 1.165) is 18.7 Å². The van der Waals surface area contributed by atoms with Gasteiger partial charge in [0.05, 0.1) is 6.61 Å². The lowest BCUT2D eigenvalue weighted by atomic mass is 10.1. The summed E-state index contributed by atoms with van der Waals surface area (Å²) >= 11 is 0. The van der Waals surface area contributed by atoms with Gasteiger partial charge in [0.15, 0.2) is 0 Å². The van der Waals surface area contributed by atoms with Crippen LogP contribution in [-0.4, -0.2) is 45.4 Å². The van der Waals surface area contributed by atoms with Gasteiger partial charge in [-0.25, -0.2) is 0 Å². The predicted octanol–water partition coefficient (Wildman–Crippen LogP) is 0.732. The van der Waals surface area contributed by atoms with E-state index < -0.39 is 0 Å². The van der Waals surface area contributed by atoms with Gasteiger partial charge in [-0.05, 0) is 11.6 Å². The van der Waals surface area contributed by atoms with Crippen LogP contribution in [0.2, 0.25) is 0 Å². The summed E-state index contributed by atoms with van der Waals surface area (Å²) in [5, 5.41) is 6.06. The Morgan fingerprint density at radius 3 is 3.05 bits per heavy atom. The van der Waals surface area contributed by atoms with Crippen molar-refractivity contribution in [3.05, 3.63) is 29.8 Å². The van der Waals surface area contributed by atoms with E-state index >= 15 is 0 Å². The Hall–Kier alpha value is -1.59. The summed E-state index contributed by atoms with van der Waals surface area (Å²) in [6, 6.07) is 8.11. The molecule has 110 valence electrons. The summed E-state index contributed by atoms with van der Waals surface area (Å²) in [6.45, 7) is 2.54. The number of para-hydroxylation sites is 1. The van der Waals surface area contributed by atoms with Crippen molar-refractivity contribution in [1.29, 1.82) is 0 Å². The van der Waals surface area contributed by atoms with Crippen molar-refractivity contribution in [3.8, 4) is 5.75 Å². The number of ether oxygens (including phenoxy) is 2. The van der Waals surface area contributed by atoms with Crippen molar-refractivity contribution < 1.29 is 14.3 Å². The lowest BCUT2D eigenvalue weighted by Gasteiger charge is -2.11. The fourth-order valence-corrected chi connectivity index (χ4v) is 2.21. The first-order valence-electron chi connectivity index (χ1n) is 7.00. The Morgan fingerprint density at radius 2 is 2.25 bits per heavy atom. The molecular weight excluding hydrogens is 256 g/mol. The minimum absolute atomic E-state index is 0.0465. The van der Waals surface area contributed by atoms with Crippen LogP contribution in [0.4, 0.5) is 0 Å². The molecule has 1 atom stereocenters. The van der Waals surface area contributed by atoms with Crippen molar-refractivity contribution in [2.45, 2.75) is 18.9 Å². The Morgan fingerprint density at radius 1 is 1.40 bits per heavy atom. The third kappa shape index (κ3) is 4.51. The zero-order chi connectivity index (χ0) is 14.2. The molecule has 2 rings (SSSR count). The third-order valence-electron chi connectivity index (χ3n) is 3.24. The first-order chi connectivity index (χ1) is 9.79. The predicted molar refractivity (Wildman–Crippen MR) is 76.9 cm³/mol. The van der Waals surface area contributed by atoms with Crippen LogP contribution in [0, 0.1) is 0 Å². The van der Waals surface area contributed by atoms with Crippen LogP contribution in [0.5, 0.6) is 5.75 Å². The highest BCUT2D eigenvalue weighted by molar-refractivity contribution is 5.76. The van der Waals surface area contributed by atoms with E-state index in [4.69, 9.17) is 9.47 Å². The molecule has 0 radical (unpaired) electrons. The molecule has 0 spiro atoms. The highest BCUT2D eigenvalue weighted by atomic mass is 16.5. The lowest BCUT2D eigenvalue weighted by Crippen LogP contribution is -2.34. The maximum absolute atomic E-state index is 11.5. The zero-order valence-corrected chi connectivity index (χ0v) is 11.9. The molecule has 1 aliphatic rings. The molecule has 0 bridgehead atoms. The van der Waals surface area contributed by atoms with Gasteiger partial charge in [-0.3, -0.25) is 4.79 Å². The van der Waals surface area contributed by atoms with E-state index in [2.05, 4.69) is 16.7 Å². The molecule has 0 saturated carbocycles. The van der Waals surface area contributed by atoms with E-state index in [1.165, 1.54) is 5.56 Å². The van der Waals surface area contributed by atoms with Crippen LogP contribution >= 0.6 is 0 Å². The van der Waals surface area contributed by atoms with Crippen LogP contribution in [-0.2, 0) is 16.0 Å². The minimum atomic E-state index is 0.0465. The SMILES string of the molecule is COCCNC(=O)CCNCC1Cc2ccccc2O1. The molecule has 1 amide bonds. The van der Waals surface area contributed by atoms with Crippen LogP contribution < -0.4 is 15.4 Å². The van der Waals surface area contributed by atoms with Crippen molar-refractivity contribution in [2.75, 3.05) is 33.4 Å². The molecule has 1 aromatic rings. The van der Waals surface area contributed by atoms with Gasteiger partial charge >= 0.3 is 0 Å². The van der Waals surface area contributed by atoms with E-state index in [-0.39, 0.29) is 12.0 Å². The summed E-state index contributed by atoms with van der Waals surface area (Å²) in [7, 11) is 1.62. The van der Waals surface area contributed by atoms with Gasteiger partial charge in [-0.15, -0.1) is 0 Å². The van der Waals surface area contributed by atoms with Gasteiger partial charge in [0, 0.05) is 39.6 Å². The Labute approximate surface area is 119 Å². The Kier molecular flexibility index (Phi) is 5.83. The molecule has 1 unspecified atom stereocenters. The van der Waals surface area contributed by atoms with Gasteiger partial charge in [0.25, 0.3) is 0 Å². The number of fused-ring (bicyclic) bond motifs is 1. The Balaban J connectivity index is 1.56. The normalized spacial score (nSPS) is 16.6. The van der Waals surface area contributed by atoms with Gasteiger partial charge in [0.1, 0.15) is 11.9 Å². The maximum atomic E-state index is 11.5. The second-order valence-corrected chi connectivity index (χ2v) is 4.85. The number of hydrogen-bond acceptors (Lipinski definition) is 4. The minimum Gasteiger partial charge on any atom is -0.488 e. The number of rotatable bonds is 8.